The number of ether oxygens (including phenoxy) is 1. The average molecular weight is 210 g/mol. The third-order valence-electron chi connectivity index (χ3n) is 2.49. The van der Waals surface area contributed by atoms with Crippen LogP contribution in [0.3, 0.4) is 0 Å². The molecule has 1 aromatic rings. The molecule has 1 aliphatic rings. The van der Waals surface area contributed by atoms with Crippen LogP contribution in [0.2, 0.25) is 0 Å². The summed E-state index contributed by atoms with van der Waals surface area (Å²) in [6.07, 6.45) is 0.969. The molecule has 1 aromatic carbocycles. The second-order valence-corrected chi connectivity index (χ2v) is 3.70. The first kappa shape index (κ1) is 10.2. The van der Waals surface area contributed by atoms with Crippen molar-refractivity contribution in [2.24, 2.45) is 0 Å². The van der Waals surface area contributed by atoms with Crippen LogP contribution < -0.4 is 10.6 Å². The van der Waals surface area contributed by atoms with Gasteiger partial charge in [-0.25, -0.2) is 4.39 Å². The number of anilines is 2. The number of hydrogen-bond acceptors (Lipinski definition) is 3. The van der Waals surface area contributed by atoms with E-state index in [1.54, 1.807) is 6.07 Å². The van der Waals surface area contributed by atoms with E-state index in [-0.39, 0.29) is 5.82 Å². The molecule has 0 saturated carbocycles. The highest BCUT2D eigenvalue weighted by molar-refractivity contribution is 5.56. The number of nitrogen functional groups attached to an aromatic ring is 1. The summed E-state index contributed by atoms with van der Waals surface area (Å²) in [5.41, 5.74) is 6.92. The van der Waals surface area contributed by atoms with Crippen LogP contribution in [-0.4, -0.2) is 26.3 Å². The van der Waals surface area contributed by atoms with E-state index in [9.17, 15) is 4.39 Å². The molecule has 1 saturated heterocycles. The fraction of sp³-hybridized carbons (Fsp3) is 0.455. The molecule has 2 N–H and O–H groups in total. The van der Waals surface area contributed by atoms with Gasteiger partial charge in [0.15, 0.2) is 0 Å². The molecule has 0 unspecified atom stereocenters. The fourth-order valence-electron chi connectivity index (χ4n) is 1.78. The second kappa shape index (κ2) is 4.49. The van der Waals surface area contributed by atoms with Gasteiger partial charge in [-0.2, -0.15) is 0 Å². The van der Waals surface area contributed by atoms with Crippen LogP contribution in [-0.2, 0) is 4.74 Å². The van der Waals surface area contributed by atoms with Crippen LogP contribution >= 0.6 is 0 Å². The quantitative estimate of drug-likeness (QED) is 0.716. The summed E-state index contributed by atoms with van der Waals surface area (Å²) in [4.78, 5) is 2.10. The van der Waals surface area contributed by atoms with Crippen LogP contribution in [0.1, 0.15) is 6.42 Å². The van der Waals surface area contributed by atoms with Crippen LogP contribution in [0.15, 0.2) is 18.2 Å². The highest BCUT2D eigenvalue weighted by atomic mass is 19.1. The summed E-state index contributed by atoms with van der Waals surface area (Å²) in [5.74, 6) is -0.282. The van der Waals surface area contributed by atoms with Crippen LogP contribution in [0.25, 0.3) is 0 Å². The van der Waals surface area contributed by atoms with Crippen molar-refractivity contribution in [2.75, 3.05) is 36.9 Å². The minimum Gasteiger partial charge on any atom is -0.399 e. The SMILES string of the molecule is Nc1cc(F)cc(N2CCCOCC2)c1. The monoisotopic (exact) mass is 210 g/mol. The van der Waals surface area contributed by atoms with Gasteiger partial charge in [-0.05, 0) is 24.6 Å². The van der Waals surface area contributed by atoms with Gasteiger partial charge in [0.1, 0.15) is 5.82 Å². The first-order valence-corrected chi connectivity index (χ1v) is 5.14. The predicted molar refractivity (Wildman–Crippen MR) is 58.5 cm³/mol. The first-order valence-electron chi connectivity index (χ1n) is 5.14. The molecule has 3 nitrogen and oxygen atoms in total. The number of nitrogens with zero attached hydrogens (tertiary/aromatic N) is 1. The zero-order chi connectivity index (χ0) is 10.7. The third kappa shape index (κ3) is 2.59. The lowest BCUT2D eigenvalue weighted by Gasteiger charge is -2.22. The average Bonchev–Trinajstić information content (AvgIpc) is 2.43. The minimum atomic E-state index is -0.282. The van der Waals surface area contributed by atoms with Crippen LogP contribution in [0, 0.1) is 5.82 Å². The van der Waals surface area contributed by atoms with Gasteiger partial charge >= 0.3 is 0 Å². The van der Waals surface area contributed by atoms with Crippen LogP contribution in [0.5, 0.6) is 0 Å². The lowest BCUT2D eigenvalue weighted by Crippen LogP contribution is -2.26. The smallest absolute Gasteiger partial charge is 0.127 e. The van der Waals surface area contributed by atoms with Crippen molar-refractivity contribution < 1.29 is 9.13 Å². The van der Waals surface area contributed by atoms with Crippen LogP contribution in [0.4, 0.5) is 15.8 Å². The van der Waals surface area contributed by atoms with Crippen molar-refractivity contribution in [3.05, 3.63) is 24.0 Å². The predicted octanol–water partition coefficient (Wildman–Crippen LogP) is 1.63. The highest BCUT2D eigenvalue weighted by Gasteiger charge is 2.11. The Balaban J connectivity index is 2.19. The summed E-state index contributed by atoms with van der Waals surface area (Å²) in [7, 11) is 0. The van der Waals surface area contributed by atoms with Crippen molar-refractivity contribution in [1.29, 1.82) is 0 Å². The van der Waals surface area contributed by atoms with E-state index in [1.807, 2.05) is 0 Å². The van der Waals surface area contributed by atoms with E-state index >= 15 is 0 Å². The normalized spacial score (nSPS) is 17.5. The topological polar surface area (TPSA) is 38.5 Å². The number of benzene rings is 1. The molecule has 0 radical (unpaired) electrons. The molecule has 0 amide bonds. The van der Waals surface area contributed by atoms with Crippen molar-refractivity contribution >= 4 is 11.4 Å². The van der Waals surface area contributed by atoms with Gasteiger partial charge in [-0.1, -0.05) is 0 Å². The highest BCUT2D eigenvalue weighted by Crippen LogP contribution is 2.20. The first-order chi connectivity index (χ1) is 7.25. The van der Waals surface area contributed by atoms with Crippen molar-refractivity contribution in [3.63, 3.8) is 0 Å². The van der Waals surface area contributed by atoms with E-state index in [1.165, 1.54) is 12.1 Å². The summed E-state index contributed by atoms with van der Waals surface area (Å²) >= 11 is 0. The molecular weight excluding hydrogens is 195 g/mol. The molecule has 4 heteroatoms. The van der Waals surface area contributed by atoms with E-state index in [2.05, 4.69) is 4.90 Å². The Morgan fingerprint density at radius 3 is 2.87 bits per heavy atom. The second-order valence-electron chi connectivity index (χ2n) is 3.70. The van der Waals surface area contributed by atoms with E-state index < -0.39 is 0 Å². The Labute approximate surface area is 88.6 Å². The molecule has 0 aromatic heterocycles. The number of halogens is 1. The molecule has 1 heterocycles. The van der Waals surface area contributed by atoms with Gasteiger partial charge in [0.05, 0.1) is 6.61 Å². The third-order valence-corrected chi connectivity index (χ3v) is 2.49. The minimum absolute atomic E-state index is 0.282. The van der Waals surface area contributed by atoms with Gasteiger partial charge in [0.25, 0.3) is 0 Å². The number of rotatable bonds is 1. The van der Waals surface area contributed by atoms with Gasteiger partial charge in [0, 0.05) is 31.1 Å². The molecule has 15 heavy (non-hydrogen) atoms. The Morgan fingerprint density at radius 1 is 1.20 bits per heavy atom. The largest absolute Gasteiger partial charge is 0.399 e. The molecule has 1 aliphatic heterocycles. The lowest BCUT2D eigenvalue weighted by molar-refractivity contribution is 0.152. The summed E-state index contributed by atoms with van der Waals surface area (Å²) in [5, 5.41) is 0. The van der Waals surface area contributed by atoms with Crippen molar-refractivity contribution in [1.82, 2.24) is 0 Å². The Hall–Kier alpha value is -1.29. The molecular formula is C11H15FN2O. The van der Waals surface area contributed by atoms with Gasteiger partial charge in [-0.3, -0.25) is 0 Å². The molecule has 0 spiro atoms. The van der Waals surface area contributed by atoms with E-state index in [0.29, 0.717) is 12.3 Å². The molecule has 1 fully saturated rings. The molecule has 82 valence electrons. The molecule has 0 aliphatic carbocycles. The number of nitrogens with two attached hydrogens (primary N) is 1. The summed E-state index contributed by atoms with van der Waals surface area (Å²) < 4.78 is 18.5. The number of hydrogen-bond donors (Lipinski definition) is 1. The van der Waals surface area contributed by atoms with E-state index in [4.69, 9.17) is 10.5 Å². The lowest BCUT2D eigenvalue weighted by atomic mass is 10.2. The maximum absolute atomic E-state index is 13.1. The zero-order valence-electron chi connectivity index (χ0n) is 8.58. The molecule has 0 atom stereocenters. The van der Waals surface area contributed by atoms with Crippen molar-refractivity contribution in [2.45, 2.75) is 6.42 Å². The Kier molecular flexibility index (Phi) is 3.06. The molecule has 0 bridgehead atoms. The summed E-state index contributed by atoms with van der Waals surface area (Å²) in [6.45, 7) is 3.16. The zero-order valence-corrected chi connectivity index (χ0v) is 8.58. The standard InChI is InChI=1S/C11H15FN2O/c12-9-6-10(13)8-11(7-9)14-2-1-4-15-5-3-14/h6-8H,1-5,13H2. The Bertz CT molecular complexity index is 315. The van der Waals surface area contributed by atoms with Gasteiger partial charge in [0.2, 0.25) is 0 Å². The summed E-state index contributed by atoms with van der Waals surface area (Å²) in [6, 6.07) is 4.65. The van der Waals surface area contributed by atoms with E-state index in [0.717, 1.165) is 31.8 Å². The van der Waals surface area contributed by atoms with Gasteiger partial charge in [-0.15, -0.1) is 0 Å². The fourth-order valence-corrected chi connectivity index (χ4v) is 1.78. The van der Waals surface area contributed by atoms with Gasteiger partial charge < -0.3 is 15.4 Å². The molecule has 2 rings (SSSR count). The maximum Gasteiger partial charge on any atom is 0.127 e. The Morgan fingerprint density at radius 2 is 2.07 bits per heavy atom. The maximum atomic E-state index is 13.1. The van der Waals surface area contributed by atoms with Crippen molar-refractivity contribution in [3.8, 4) is 0 Å².